The van der Waals surface area contributed by atoms with Crippen LogP contribution in [0.5, 0.6) is 0 Å². The maximum atomic E-state index is 13.8. The van der Waals surface area contributed by atoms with Crippen molar-refractivity contribution < 1.29 is 28.7 Å². The number of carbonyl (C=O) groups is 3. The SMILES string of the molecule is COC(OC)(C(=O)c1ccc(N(c2ccc(C)cc2)c2ccc(C(=O)/C(CC3CCCCC3)=N/OC(C)=O)cc2)cc1)c1ccccc1. The smallest absolute Gasteiger partial charge is 0.331 e. The molecule has 0 aromatic heterocycles. The lowest BCUT2D eigenvalue weighted by Gasteiger charge is -2.30. The topological polar surface area (TPSA) is 94.5 Å². The Morgan fingerprint density at radius 2 is 1.25 bits per heavy atom. The predicted molar refractivity (Wildman–Crippen MR) is 187 cm³/mol. The summed E-state index contributed by atoms with van der Waals surface area (Å²) in [6.07, 6.45) is 6.01. The highest BCUT2D eigenvalue weighted by Crippen LogP contribution is 2.37. The number of aryl methyl sites for hydroxylation is 1. The first-order valence-corrected chi connectivity index (χ1v) is 16.3. The molecule has 0 aliphatic heterocycles. The number of ketones is 2. The second kappa shape index (κ2) is 15.8. The van der Waals surface area contributed by atoms with Gasteiger partial charge in [0.1, 0.15) is 5.71 Å². The van der Waals surface area contributed by atoms with Crippen LogP contribution in [0.3, 0.4) is 0 Å². The molecular weight excluding hydrogens is 604 g/mol. The average Bonchev–Trinajstić information content (AvgIpc) is 3.13. The van der Waals surface area contributed by atoms with Gasteiger partial charge in [-0.2, -0.15) is 0 Å². The van der Waals surface area contributed by atoms with Crippen LogP contribution in [0.1, 0.15) is 77.3 Å². The minimum atomic E-state index is -1.59. The number of hydrogen-bond acceptors (Lipinski definition) is 8. The molecule has 0 atom stereocenters. The minimum absolute atomic E-state index is 0.253. The van der Waals surface area contributed by atoms with E-state index in [2.05, 4.69) is 10.1 Å². The lowest BCUT2D eigenvalue weighted by atomic mass is 9.84. The second-order valence-corrected chi connectivity index (χ2v) is 12.1. The Morgan fingerprint density at radius 1 is 0.729 bits per heavy atom. The van der Waals surface area contributed by atoms with Crippen LogP contribution in [0.25, 0.3) is 0 Å². The lowest BCUT2D eigenvalue weighted by Crippen LogP contribution is -2.40. The van der Waals surface area contributed by atoms with E-state index in [-0.39, 0.29) is 17.3 Å². The van der Waals surface area contributed by atoms with Crippen molar-refractivity contribution in [1.29, 1.82) is 0 Å². The molecule has 8 heteroatoms. The molecule has 48 heavy (non-hydrogen) atoms. The first-order valence-electron chi connectivity index (χ1n) is 16.3. The third-order valence-corrected chi connectivity index (χ3v) is 8.85. The summed E-state index contributed by atoms with van der Waals surface area (Å²) in [6.45, 7) is 3.31. The zero-order valence-corrected chi connectivity index (χ0v) is 28.0. The van der Waals surface area contributed by atoms with Gasteiger partial charge in [0.05, 0.1) is 0 Å². The molecule has 0 spiro atoms. The number of carbonyl (C=O) groups excluding carboxylic acids is 3. The van der Waals surface area contributed by atoms with E-state index < -0.39 is 11.8 Å². The molecule has 1 fully saturated rings. The zero-order chi connectivity index (χ0) is 34.1. The summed E-state index contributed by atoms with van der Waals surface area (Å²) in [7, 11) is 2.91. The Balaban J connectivity index is 1.45. The molecule has 248 valence electrons. The van der Waals surface area contributed by atoms with Gasteiger partial charge in [-0.3, -0.25) is 9.59 Å². The summed E-state index contributed by atoms with van der Waals surface area (Å²) < 4.78 is 11.4. The van der Waals surface area contributed by atoms with E-state index in [1.54, 1.807) is 36.4 Å². The van der Waals surface area contributed by atoms with E-state index in [1.165, 1.54) is 27.6 Å². The highest BCUT2D eigenvalue weighted by molar-refractivity contribution is 6.46. The molecule has 0 bridgehead atoms. The number of benzene rings is 4. The van der Waals surface area contributed by atoms with E-state index in [1.807, 2.05) is 73.7 Å². The Bertz CT molecular complexity index is 1720. The molecule has 0 radical (unpaired) electrons. The van der Waals surface area contributed by atoms with Gasteiger partial charge in [-0.1, -0.05) is 85.3 Å². The molecule has 1 aliphatic rings. The Labute approximate surface area is 282 Å². The van der Waals surface area contributed by atoms with Gasteiger partial charge < -0.3 is 19.2 Å². The summed E-state index contributed by atoms with van der Waals surface area (Å²) in [4.78, 5) is 46.0. The molecule has 5 rings (SSSR count). The Kier molecular flexibility index (Phi) is 11.3. The monoisotopic (exact) mass is 646 g/mol. The molecule has 0 amide bonds. The third-order valence-electron chi connectivity index (χ3n) is 8.85. The first kappa shape index (κ1) is 34.4. The number of hydrogen-bond donors (Lipinski definition) is 0. The van der Waals surface area contributed by atoms with Crippen LogP contribution in [0.15, 0.2) is 108 Å². The minimum Gasteiger partial charge on any atom is -0.343 e. The molecule has 8 nitrogen and oxygen atoms in total. The van der Waals surface area contributed by atoms with E-state index >= 15 is 0 Å². The molecule has 4 aromatic rings. The molecule has 4 aromatic carbocycles. The maximum absolute atomic E-state index is 13.8. The number of ether oxygens (including phenoxy) is 2. The van der Waals surface area contributed by atoms with Crippen molar-refractivity contribution in [3.05, 3.63) is 125 Å². The van der Waals surface area contributed by atoms with Crippen molar-refractivity contribution in [2.45, 2.75) is 58.2 Å². The molecule has 0 heterocycles. The van der Waals surface area contributed by atoms with Gasteiger partial charge >= 0.3 is 5.97 Å². The van der Waals surface area contributed by atoms with Gasteiger partial charge in [0.15, 0.2) is 0 Å². The molecule has 1 aliphatic carbocycles. The zero-order valence-electron chi connectivity index (χ0n) is 28.0. The summed E-state index contributed by atoms with van der Waals surface area (Å²) in [5, 5.41) is 3.99. The fourth-order valence-electron chi connectivity index (χ4n) is 6.27. The van der Waals surface area contributed by atoms with Crippen molar-refractivity contribution >= 4 is 40.3 Å². The van der Waals surface area contributed by atoms with Crippen molar-refractivity contribution in [2.75, 3.05) is 19.1 Å². The number of methoxy groups -OCH3 is 2. The van der Waals surface area contributed by atoms with Crippen molar-refractivity contribution in [2.24, 2.45) is 11.1 Å². The molecule has 0 N–H and O–H groups in total. The lowest BCUT2D eigenvalue weighted by molar-refractivity contribution is -0.176. The number of oxime groups is 1. The van der Waals surface area contributed by atoms with Crippen LogP contribution in [0, 0.1) is 12.8 Å². The van der Waals surface area contributed by atoms with E-state index in [9.17, 15) is 14.4 Å². The van der Waals surface area contributed by atoms with Gasteiger partial charge in [-0.15, -0.1) is 0 Å². The number of Topliss-reactive ketones (excluding diaryl/α,β-unsaturated/α-hetero) is 2. The fourth-order valence-corrected chi connectivity index (χ4v) is 6.27. The van der Waals surface area contributed by atoms with Crippen molar-refractivity contribution in [3.8, 4) is 0 Å². The molecule has 1 saturated carbocycles. The summed E-state index contributed by atoms with van der Waals surface area (Å²) in [5.41, 5.74) is 5.39. The second-order valence-electron chi connectivity index (χ2n) is 12.1. The van der Waals surface area contributed by atoms with E-state index in [0.29, 0.717) is 29.0 Å². The van der Waals surface area contributed by atoms with Gasteiger partial charge in [0.25, 0.3) is 5.79 Å². The predicted octanol–water partition coefficient (Wildman–Crippen LogP) is 8.87. The van der Waals surface area contributed by atoms with E-state index in [4.69, 9.17) is 14.3 Å². The largest absolute Gasteiger partial charge is 0.343 e. The van der Waals surface area contributed by atoms with Crippen LogP contribution in [-0.4, -0.2) is 37.5 Å². The maximum Gasteiger partial charge on any atom is 0.331 e. The summed E-state index contributed by atoms with van der Waals surface area (Å²) in [5.74, 6) is -2.38. The quantitative estimate of drug-likeness (QED) is 0.0471. The first-order chi connectivity index (χ1) is 23.3. The number of nitrogens with zero attached hydrogens (tertiary/aromatic N) is 2. The Morgan fingerprint density at radius 3 is 1.77 bits per heavy atom. The van der Waals surface area contributed by atoms with Crippen LogP contribution >= 0.6 is 0 Å². The third kappa shape index (κ3) is 7.78. The molecule has 0 unspecified atom stereocenters. The van der Waals surface area contributed by atoms with Crippen LogP contribution < -0.4 is 4.90 Å². The molecular formula is C40H42N2O6. The standard InChI is InChI=1S/C40H42N2O6/c1-28-15-21-34(22-16-28)42(36-25-19-32(20-26-36)39(45)40(46-3,47-4)33-13-9-6-10-14-33)35-23-17-31(18-24-35)38(44)37(41-48-29(2)43)27-30-11-7-5-8-12-30/h6,9-10,13-26,30H,5,7-8,11-12,27H2,1-4H3/b41-37+. The highest BCUT2D eigenvalue weighted by atomic mass is 16.7. The fraction of sp³-hybridized carbons (Fsp3) is 0.300. The van der Waals surface area contributed by atoms with Gasteiger partial charge in [-0.05, 0) is 79.9 Å². The number of rotatable bonds is 13. The average molecular weight is 647 g/mol. The van der Waals surface area contributed by atoms with Crippen molar-refractivity contribution in [1.82, 2.24) is 0 Å². The Hall–Kier alpha value is -4.92. The van der Waals surface area contributed by atoms with Crippen LogP contribution in [-0.2, 0) is 24.9 Å². The number of anilines is 3. The van der Waals surface area contributed by atoms with Gasteiger partial charge in [0.2, 0.25) is 11.6 Å². The van der Waals surface area contributed by atoms with Crippen LogP contribution in [0.2, 0.25) is 0 Å². The van der Waals surface area contributed by atoms with E-state index in [0.717, 1.165) is 48.3 Å². The van der Waals surface area contributed by atoms with Crippen LogP contribution in [0.4, 0.5) is 17.1 Å². The summed E-state index contributed by atoms with van der Waals surface area (Å²) in [6, 6.07) is 31.8. The normalized spacial score (nSPS) is 14.0. The highest BCUT2D eigenvalue weighted by Gasteiger charge is 2.41. The van der Waals surface area contributed by atoms with Crippen molar-refractivity contribution in [3.63, 3.8) is 0 Å². The van der Waals surface area contributed by atoms with Gasteiger partial charge in [0, 0.05) is 54.9 Å². The van der Waals surface area contributed by atoms with Gasteiger partial charge in [-0.25, -0.2) is 4.79 Å². The molecule has 0 saturated heterocycles. The summed E-state index contributed by atoms with van der Waals surface area (Å²) >= 11 is 0.